The molecule has 6 heterocycles. The van der Waals surface area contributed by atoms with Crippen LogP contribution in [0.5, 0.6) is 0 Å². The largest absolute Gasteiger partial charge is 0.510 e. The molecule has 3 aliphatic heterocycles. The number of H-pyrrole nitrogens is 3. The predicted molar refractivity (Wildman–Crippen MR) is 179 cm³/mol. The molecule has 5 atom stereocenters. The molecular weight excluding hydrogens is 580 g/mol. The molecule has 0 spiro atoms. The van der Waals surface area contributed by atoms with Crippen LogP contribution in [-0.2, 0) is 25.4 Å². The minimum Gasteiger partial charge on any atom is -0.510 e. The molecule has 242 valence electrons. The number of carbonyl (C=O) groups excluding carboxylic acids is 1. The summed E-state index contributed by atoms with van der Waals surface area (Å²) in [6, 6.07) is -0.258. The van der Waals surface area contributed by atoms with Crippen LogP contribution < -0.4 is 26.6 Å². The van der Waals surface area contributed by atoms with E-state index in [1.807, 2.05) is 13.0 Å². The third-order valence-corrected chi connectivity index (χ3v) is 11.0. The maximum atomic E-state index is 13.4. The first-order valence-corrected chi connectivity index (χ1v) is 16.2. The second kappa shape index (κ2) is 11.0. The van der Waals surface area contributed by atoms with Gasteiger partial charge in [-0.3, -0.25) is 4.79 Å². The summed E-state index contributed by atoms with van der Waals surface area (Å²) in [6.45, 7) is 15.4. The molecule has 1 aliphatic carbocycles. The molecule has 9 heteroatoms. The molecule has 2 fully saturated rings. The molecular formula is C37H44N4O5. The molecule has 4 aliphatic rings. The fraction of sp³-hybridized carbons (Fsp3) is 0.432. The van der Waals surface area contributed by atoms with Crippen LogP contribution in [0.2, 0.25) is 0 Å². The fourth-order valence-electron chi connectivity index (χ4n) is 8.11. The van der Waals surface area contributed by atoms with Gasteiger partial charge in [-0.1, -0.05) is 26.5 Å². The molecule has 0 amide bonds. The van der Waals surface area contributed by atoms with E-state index in [4.69, 9.17) is 14.2 Å². The molecule has 7 rings (SSSR count). The lowest BCUT2D eigenvalue weighted by molar-refractivity contribution is -0.142. The van der Waals surface area contributed by atoms with Crippen molar-refractivity contribution in [3.63, 3.8) is 0 Å². The van der Waals surface area contributed by atoms with Gasteiger partial charge >= 0.3 is 5.97 Å². The van der Waals surface area contributed by atoms with Crippen LogP contribution in [0.1, 0.15) is 71.6 Å². The maximum Gasteiger partial charge on any atom is 0.320 e. The van der Waals surface area contributed by atoms with Crippen molar-refractivity contribution in [3.05, 3.63) is 78.4 Å². The number of aliphatic hydroxyl groups is 1. The van der Waals surface area contributed by atoms with E-state index < -0.39 is 17.7 Å². The lowest BCUT2D eigenvalue weighted by atomic mass is 9.80. The van der Waals surface area contributed by atoms with E-state index in [1.54, 1.807) is 7.11 Å². The summed E-state index contributed by atoms with van der Waals surface area (Å²) < 4.78 is 16.7. The van der Waals surface area contributed by atoms with E-state index in [1.165, 1.54) is 18.2 Å². The fourth-order valence-corrected chi connectivity index (χ4v) is 8.11. The molecule has 5 N–H and O–H groups in total. The Morgan fingerprint density at radius 2 is 1.78 bits per heavy atom. The third-order valence-electron chi connectivity index (χ3n) is 11.0. The lowest BCUT2D eigenvalue weighted by Gasteiger charge is -2.27. The van der Waals surface area contributed by atoms with Gasteiger partial charge in [0.05, 0.1) is 18.5 Å². The van der Waals surface area contributed by atoms with Crippen molar-refractivity contribution in [2.45, 2.75) is 65.7 Å². The Kier molecular flexibility index (Phi) is 7.25. The van der Waals surface area contributed by atoms with Crippen LogP contribution >= 0.6 is 0 Å². The highest BCUT2D eigenvalue weighted by molar-refractivity contribution is 5.95. The average Bonchev–Trinajstić information content (AvgIpc) is 3.18. The van der Waals surface area contributed by atoms with Crippen LogP contribution in [0.3, 0.4) is 0 Å². The standard InChI is InChI=1S/C37H44N4O5/c1-9-21-17(3)24-13-26-19(5)23(11-12-37(45-8)16-46-37)33(40-26)31-32(36(43)44-7)35(42)30-20(6)27(41-34(30)31)15-29-22(10-2)18(4)25(39-29)14-28(21)38-24/h9,13-15,19,23,32-33,38-42H,1,10-12,16H2,2-8H3/b25-14+,26-13-,29-15-/t19-,23-,32+,33?,37+/m0/s1. The van der Waals surface area contributed by atoms with E-state index in [9.17, 15) is 9.90 Å². The lowest BCUT2D eigenvalue weighted by Crippen LogP contribution is -2.38. The number of epoxide rings is 1. The molecule has 2 saturated heterocycles. The number of fused-ring (bicyclic) bond motifs is 8. The number of methoxy groups -OCH3 is 2. The Morgan fingerprint density at radius 1 is 1.07 bits per heavy atom. The molecule has 3 aromatic heterocycles. The van der Waals surface area contributed by atoms with E-state index in [-0.39, 0.29) is 23.6 Å². The Hall–Kier alpha value is -4.21. The summed E-state index contributed by atoms with van der Waals surface area (Å²) in [5.74, 6) is -1.73. The highest BCUT2D eigenvalue weighted by Crippen LogP contribution is 2.44. The summed E-state index contributed by atoms with van der Waals surface area (Å²) >= 11 is 0. The quantitative estimate of drug-likeness (QED) is 0.203. The minimum atomic E-state index is -0.913. The second-order valence-corrected chi connectivity index (χ2v) is 13.2. The Labute approximate surface area is 268 Å². The third kappa shape index (κ3) is 4.47. The number of aromatic nitrogens is 3. The zero-order chi connectivity index (χ0) is 32.7. The van der Waals surface area contributed by atoms with Crippen molar-refractivity contribution in [1.29, 1.82) is 0 Å². The number of esters is 1. The van der Waals surface area contributed by atoms with E-state index in [0.29, 0.717) is 11.8 Å². The van der Waals surface area contributed by atoms with Crippen LogP contribution in [0.25, 0.3) is 35.6 Å². The van der Waals surface area contributed by atoms with E-state index in [2.05, 4.69) is 72.8 Å². The van der Waals surface area contributed by atoms with Gasteiger partial charge < -0.3 is 39.6 Å². The monoisotopic (exact) mass is 624 g/mol. The van der Waals surface area contributed by atoms with Gasteiger partial charge in [-0.25, -0.2) is 0 Å². The highest BCUT2D eigenvalue weighted by Gasteiger charge is 2.50. The summed E-state index contributed by atoms with van der Waals surface area (Å²) in [7, 11) is 3.07. The molecule has 0 radical (unpaired) electrons. The van der Waals surface area contributed by atoms with Crippen LogP contribution in [0, 0.1) is 38.5 Å². The topological polar surface area (TPSA) is 128 Å². The van der Waals surface area contributed by atoms with E-state index >= 15 is 0 Å². The molecule has 0 aromatic carbocycles. The highest BCUT2D eigenvalue weighted by atomic mass is 16.8. The Balaban J connectivity index is 1.54. The first-order valence-electron chi connectivity index (χ1n) is 16.2. The summed E-state index contributed by atoms with van der Waals surface area (Å²) in [4.78, 5) is 24.5. The normalized spacial score (nSPS) is 28.5. The summed E-state index contributed by atoms with van der Waals surface area (Å²) in [5, 5.41) is 19.1. The van der Waals surface area contributed by atoms with Crippen molar-refractivity contribution in [3.8, 4) is 0 Å². The van der Waals surface area contributed by atoms with E-state index in [0.717, 1.165) is 80.4 Å². The Bertz CT molecular complexity index is 2070. The molecule has 8 bridgehead atoms. The van der Waals surface area contributed by atoms with Crippen LogP contribution in [0.15, 0.2) is 12.3 Å². The molecule has 3 aromatic rings. The number of aromatic amines is 3. The average molecular weight is 625 g/mol. The van der Waals surface area contributed by atoms with Gasteiger partial charge in [0.1, 0.15) is 18.3 Å². The minimum absolute atomic E-state index is 0.0313. The van der Waals surface area contributed by atoms with Gasteiger partial charge in [-0.15, -0.1) is 0 Å². The smallest absolute Gasteiger partial charge is 0.320 e. The van der Waals surface area contributed by atoms with Gasteiger partial charge in [-0.05, 0) is 85.6 Å². The molecule has 1 unspecified atom stereocenters. The molecule has 0 saturated carbocycles. The number of nitrogens with one attached hydrogen (secondary N) is 4. The number of allylic oxidation sites excluding steroid dienone is 1. The zero-order valence-electron chi connectivity index (χ0n) is 27.7. The predicted octanol–water partition coefficient (Wildman–Crippen LogP) is 2.81. The van der Waals surface area contributed by atoms with Gasteiger partial charge in [0.15, 0.2) is 5.79 Å². The SMILES string of the molecule is C=Cc1c2[nH]c(c1C)/C=C1\NC(C3=c4[nH]c(c(C)c4=C(O)[C@@H]3C(=O)OC)/C=c3\[nH]/c(c(C)c3CC)=C/2)[C@@H](CC[C@]2(OC)CO2)[C@@H]1C. The number of hydrogen-bond donors (Lipinski definition) is 5. The van der Waals surface area contributed by atoms with Crippen molar-refractivity contribution in [2.75, 3.05) is 20.8 Å². The zero-order valence-corrected chi connectivity index (χ0v) is 27.7. The van der Waals surface area contributed by atoms with Crippen molar-refractivity contribution in [2.24, 2.45) is 17.8 Å². The number of ether oxygens (including phenoxy) is 3. The maximum absolute atomic E-state index is 13.4. The number of hydrogen-bond acceptors (Lipinski definition) is 6. The van der Waals surface area contributed by atoms with Gasteiger partial charge in [-0.2, -0.15) is 0 Å². The van der Waals surface area contributed by atoms with Crippen molar-refractivity contribution < 1.29 is 24.1 Å². The molecule has 46 heavy (non-hydrogen) atoms. The summed E-state index contributed by atoms with van der Waals surface area (Å²) in [5.41, 5.74) is 10.2. The second-order valence-electron chi connectivity index (χ2n) is 13.2. The number of carbonyl (C=O) groups is 1. The van der Waals surface area contributed by atoms with Gasteiger partial charge in [0.25, 0.3) is 0 Å². The molecule has 9 nitrogen and oxygen atoms in total. The van der Waals surface area contributed by atoms with Gasteiger partial charge in [0, 0.05) is 63.7 Å². The first-order chi connectivity index (χ1) is 22.1. The number of rotatable bonds is 7. The van der Waals surface area contributed by atoms with Crippen molar-refractivity contribution >= 4 is 41.6 Å². The summed E-state index contributed by atoms with van der Waals surface area (Å²) in [6.07, 6.45) is 10.8. The van der Waals surface area contributed by atoms with Gasteiger partial charge in [0.2, 0.25) is 0 Å². The van der Waals surface area contributed by atoms with Crippen LogP contribution in [0.4, 0.5) is 0 Å². The van der Waals surface area contributed by atoms with Crippen LogP contribution in [-0.4, -0.2) is 58.7 Å². The number of aliphatic hydroxyl groups excluding tert-OH is 1. The first kappa shape index (κ1) is 30.4. The van der Waals surface area contributed by atoms with Crippen molar-refractivity contribution in [1.82, 2.24) is 20.3 Å². The Morgan fingerprint density at radius 3 is 2.43 bits per heavy atom.